The molecule has 0 aliphatic carbocycles. The van der Waals surface area contributed by atoms with Gasteiger partial charge in [-0.2, -0.15) is 0 Å². The van der Waals surface area contributed by atoms with Crippen LogP contribution >= 0.6 is 0 Å². The van der Waals surface area contributed by atoms with E-state index >= 15 is 0 Å². The van der Waals surface area contributed by atoms with E-state index in [0.717, 1.165) is 68.0 Å². The zero-order valence-electron chi connectivity index (χ0n) is 22.2. The molecule has 0 radical (unpaired) electrons. The van der Waals surface area contributed by atoms with Crippen molar-refractivity contribution in [2.75, 3.05) is 51.9 Å². The van der Waals surface area contributed by atoms with Crippen LogP contribution in [0.2, 0.25) is 0 Å². The number of methoxy groups -OCH3 is 2. The first-order valence-electron chi connectivity index (χ1n) is 13.3. The zero-order chi connectivity index (χ0) is 26.8. The topological polar surface area (TPSA) is 111 Å². The maximum absolute atomic E-state index is 13.6. The number of hydrogen-bond acceptors (Lipinski definition) is 9. The lowest BCUT2D eigenvalue weighted by molar-refractivity contribution is 0.0906. The predicted molar refractivity (Wildman–Crippen MR) is 147 cm³/mol. The van der Waals surface area contributed by atoms with Crippen LogP contribution in [-0.4, -0.2) is 83.2 Å². The van der Waals surface area contributed by atoms with Crippen LogP contribution in [0.15, 0.2) is 53.3 Å². The van der Waals surface area contributed by atoms with E-state index in [9.17, 15) is 4.79 Å². The van der Waals surface area contributed by atoms with E-state index in [1.165, 1.54) is 0 Å². The zero-order valence-corrected chi connectivity index (χ0v) is 22.2. The summed E-state index contributed by atoms with van der Waals surface area (Å²) in [4.78, 5) is 21.3. The number of aromatic nitrogens is 5. The number of pyridine rings is 1. The minimum atomic E-state index is -0.420. The SMILES string of the molecule is COc1ccc2cc(C(c3nnnn3CC3CCCO3)N3CCN(c4ccccc4OC)CC3)c(=O)[nH]c2c1. The van der Waals surface area contributed by atoms with Crippen molar-refractivity contribution in [3.05, 3.63) is 70.3 Å². The van der Waals surface area contributed by atoms with Crippen LogP contribution in [0.4, 0.5) is 5.69 Å². The Morgan fingerprint density at radius 3 is 2.69 bits per heavy atom. The maximum Gasteiger partial charge on any atom is 0.253 e. The molecule has 2 atom stereocenters. The van der Waals surface area contributed by atoms with Crippen LogP contribution in [0, 0.1) is 0 Å². The first-order chi connectivity index (χ1) is 19.1. The van der Waals surface area contributed by atoms with Crippen molar-refractivity contribution in [2.45, 2.75) is 31.5 Å². The van der Waals surface area contributed by atoms with E-state index in [2.05, 4.69) is 36.4 Å². The van der Waals surface area contributed by atoms with E-state index in [0.29, 0.717) is 23.7 Å². The number of tetrazole rings is 1. The molecule has 0 bridgehead atoms. The molecule has 11 heteroatoms. The molecular weight excluding hydrogens is 498 g/mol. The van der Waals surface area contributed by atoms with Gasteiger partial charge >= 0.3 is 0 Å². The van der Waals surface area contributed by atoms with Crippen LogP contribution in [0.1, 0.15) is 30.3 Å². The first kappa shape index (κ1) is 25.3. The first-order valence-corrected chi connectivity index (χ1v) is 13.3. The number of rotatable bonds is 8. The highest BCUT2D eigenvalue weighted by Crippen LogP contribution is 2.32. The van der Waals surface area contributed by atoms with Crippen molar-refractivity contribution < 1.29 is 14.2 Å². The molecule has 6 rings (SSSR count). The second-order valence-electron chi connectivity index (χ2n) is 9.96. The average Bonchev–Trinajstić information content (AvgIpc) is 3.66. The molecule has 2 aliphatic heterocycles. The number of hydrogen-bond donors (Lipinski definition) is 1. The minimum Gasteiger partial charge on any atom is -0.497 e. The number of nitrogens with zero attached hydrogens (tertiary/aromatic N) is 6. The number of fused-ring (bicyclic) bond motifs is 1. The molecule has 39 heavy (non-hydrogen) atoms. The Hall–Kier alpha value is -3.96. The number of H-pyrrole nitrogens is 1. The summed E-state index contributed by atoms with van der Waals surface area (Å²) in [6.45, 7) is 4.29. The smallest absolute Gasteiger partial charge is 0.253 e. The van der Waals surface area contributed by atoms with Crippen molar-refractivity contribution in [2.24, 2.45) is 0 Å². The Kier molecular flexibility index (Phi) is 7.16. The fourth-order valence-electron chi connectivity index (χ4n) is 5.66. The van der Waals surface area contributed by atoms with E-state index in [1.807, 2.05) is 47.1 Å². The molecule has 2 unspecified atom stereocenters. The van der Waals surface area contributed by atoms with Gasteiger partial charge < -0.3 is 24.1 Å². The minimum absolute atomic E-state index is 0.0673. The largest absolute Gasteiger partial charge is 0.497 e. The number of para-hydroxylation sites is 2. The highest BCUT2D eigenvalue weighted by Gasteiger charge is 2.34. The lowest BCUT2D eigenvalue weighted by Crippen LogP contribution is -2.49. The summed E-state index contributed by atoms with van der Waals surface area (Å²) in [6, 6.07) is 15.3. The van der Waals surface area contributed by atoms with Crippen LogP contribution in [0.5, 0.6) is 11.5 Å². The second kappa shape index (κ2) is 11.0. The Labute approximate surface area is 226 Å². The highest BCUT2D eigenvalue weighted by atomic mass is 16.5. The molecule has 11 nitrogen and oxygen atoms in total. The summed E-state index contributed by atoms with van der Waals surface area (Å²) < 4.78 is 18.6. The van der Waals surface area contributed by atoms with Gasteiger partial charge in [-0.15, -0.1) is 5.10 Å². The van der Waals surface area contributed by atoms with Crippen molar-refractivity contribution >= 4 is 16.6 Å². The number of piperazine rings is 1. The van der Waals surface area contributed by atoms with Crippen molar-refractivity contribution in [1.29, 1.82) is 0 Å². The predicted octanol–water partition coefficient (Wildman–Crippen LogP) is 2.62. The molecule has 0 amide bonds. The summed E-state index contributed by atoms with van der Waals surface area (Å²) in [7, 11) is 3.31. The van der Waals surface area contributed by atoms with Crippen LogP contribution in [0.25, 0.3) is 10.9 Å². The van der Waals surface area contributed by atoms with Crippen LogP contribution in [0.3, 0.4) is 0 Å². The van der Waals surface area contributed by atoms with Gasteiger partial charge in [0.2, 0.25) is 0 Å². The standard InChI is InChI=1S/C28H33N7O4/c1-37-20-10-9-19-16-22(28(36)29-23(19)17-20)26(27-30-31-32-35(27)18-21-6-5-15-39-21)34-13-11-33(12-14-34)24-7-3-4-8-25(24)38-2/h3-4,7-10,16-17,21,26H,5-6,11-15,18H2,1-2H3,(H,29,36). The van der Waals surface area contributed by atoms with Gasteiger partial charge in [0.25, 0.3) is 5.56 Å². The third-order valence-electron chi connectivity index (χ3n) is 7.69. The number of anilines is 1. The van der Waals surface area contributed by atoms with E-state index in [4.69, 9.17) is 14.2 Å². The molecule has 204 valence electrons. The summed E-state index contributed by atoms with van der Waals surface area (Å²) in [5.41, 5.74) is 2.24. The molecule has 1 N–H and O–H groups in total. The van der Waals surface area contributed by atoms with Gasteiger partial charge in [0.05, 0.1) is 38.1 Å². The van der Waals surface area contributed by atoms with Gasteiger partial charge in [0.1, 0.15) is 17.5 Å². The van der Waals surface area contributed by atoms with Gasteiger partial charge in [-0.25, -0.2) is 4.68 Å². The third kappa shape index (κ3) is 5.07. The Morgan fingerprint density at radius 1 is 1.08 bits per heavy atom. The lowest BCUT2D eigenvalue weighted by atomic mass is 10.0. The van der Waals surface area contributed by atoms with Gasteiger partial charge in [-0.1, -0.05) is 12.1 Å². The summed E-state index contributed by atoms with van der Waals surface area (Å²) >= 11 is 0. The third-order valence-corrected chi connectivity index (χ3v) is 7.69. The molecule has 2 saturated heterocycles. The van der Waals surface area contributed by atoms with Gasteiger partial charge in [0, 0.05) is 44.4 Å². The second-order valence-corrected chi connectivity index (χ2v) is 9.96. The number of benzene rings is 2. The Morgan fingerprint density at radius 2 is 1.92 bits per heavy atom. The normalized spacial score (nSPS) is 18.9. The van der Waals surface area contributed by atoms with Crippen molar-refractivity contribution in [1.82, 2.24) is 30.1 Å². The number of nitrogens with one attached hydrogen (secondary N) is 1. The molecular formula is C28H33N7O4. The fraction of sp³-hybridized carbons (Fsp3) is 0.429. The molecule has 2 aromatic carbocycles. The number of aromatic amines is 1. The monoisotopic (exact) mass is 531 g/mol. The molecule has 2 aliphatic rings. The van der Waals surface area contributed by atoms with Gasteiger partial charge in [0.15, 0.2) is 5.82 Å². The number of ether oxygens (including phenoxy) is 3. The van der Waals surface area contributed by atoms with Gasteiger partial charge in [-0.05, 0) is 59.0 Å². The van der Waals surface area contributed by atoms with Crippen molar-refractivity contribution in [3.63, 3.8) is 0 Å². The summed E-state index contributed by atoms with van der Waals surface area (Å²) in [6.07, 6.45) is 2.07. The molecule has 4 aromatic rings. The summed E-state index contributed by atoms with van der Waals surface area (Å²) in [5.74, 6) is 2.19. The van der Waals surface area contributed by atoms with E-state index in [1.54, 1.807) is 14.2 Å². The van der Waals surface area contributed by atoms with E-state index < -0.39 is 6.04 Å². The quantitative estimate of drug-likeness (QED) is 0.367. The Bertz CT molecular complexity index is 1490. The van der Waals surface area contributed by atoms with Gasteiger partial charge in [-0.3, -0.25) is 9.69 Å². The molecule has 2 aromatic heterocycles. The van der Waals surface area contributed by atoms with Crippen LogP contribution in [-0.2, 0) is 11.3 Å². The molecule has 0 spiro atoms. The highest BCUT2D eigenvalue weighted by molar-refractivity contribution is 5.80. The average molecular weight is 532 g/mol. The summed E-state index contributed by atoms with van der Waals surface area (Å²) in [5, 5.41) is 13.7. The maximum atomic E-state index is 13.6. The Balaban J connectivity index is 1.36. The molecule has 0 saturated carbocycles. The van der Waals surface area contributed by atoms with E-state index in [-0.39, 0.29) is 11.7 Å². The lowest BCUT2D eigenvalue weighted by Gasteiger charge is -2.40. The van der Waals surface area contributed by atoms with Crippen LogP contribution < -0.4 is 19.9 Å². The molecule has 2 fully saturated rings. The molecule has 4 heterocycles. The van der Waals surface area contributed by atoms with Crippen molar-refractivity contribution in [3.8, 4) is 11.5 Å². The fourth-order valence-corrected chi connectivity index (χ4v) is 5.66.